The standard InChI is InChI=1S/C18H15N3O.ClH/c1-2-20-11-7-8-15-16(9-11)22-17-10-14(19)12-5-3-4-6-13(12)18(17)21-15;/h3-10H,2,19H2,1H3;1H. The van der Waals surface area contributed by atoms with Crippen LogP contribution >= 0.6 is 0 Å². The summed E-state index contributed by atoms with van der Waals surface area (Å²) in [6.45, 7) is 2.76. The van der Waals surface area contributed by atoms with Crippen LogP contribution in [0.1, 0.15) is 6.92 Å². The first-order chi connectivity index (χ1) is 10.8. The van der Waals surface area contributed by atoms with E-state index in [2.05, 4.69) is 9.98 Å². The number of aromatic amines is 1. The lowest BCUT2D eigenvalue weighted by atomic mass is 10.1. The molecule has 0 aromatic heterocycles. The molecule has 0 spiro atoms. The minimum absolute atomic E-state index is 0. The van der Waals surface area contributed by atoms with Gasteiger partial charge in [-0.1, -0.05) is 18.2 Å². The number of anilines is 1. The number of nitrogens with two attached hydrogens (primary N) is 1. The van der Waals surface area contributed by atoms with Crippen LogP contribution in [0, 0.1) is 0 Å². The van der Waals surface area contributed by atoms with E-state index in [0.29, 0.717) is 5.69 Å². The molecular formula is C18H16ClN3O. The zero-order valence-electron chi connectivity index (χ0n) is 12.6. The SMILES string of the molecule is CCN=c1ccc2[nH+]c3c(cc(N)c4ccccc43)oc-2c1.[Cl-]. The molecule has 1 aliphatic carbocycles. The Kier molecular flexibility index (Phi) is 3.92. The highest BCUT2D eigenvalue weighted by Crippen LogP contribution is 2.30. The molecule has 1 aliphatic heterocycles. The summed E-state index contributed by atoms with van der Waals surface area (Å²) in [6.07, 6.45) is 0. The summed E-state index contributed by atoms with van der Waals surface area (Å²) in [5, 5.41) is 3.00. The van der Waals surface area contributed by atoms with Crippen molar-refractivity contribution in [2.45, 2.75) is 6.92 Å². The van der Waals surface area contributed by atoms with Crippen LogP contribution in [0.25, 0.3) is 33.3 Å². The van der Waals surface area contributed by atoms with Gasteiger partial charge in [0.25, 0.3) is 5.52 Å². The predicted molar refractivity (Wildman–Crippen MR) is 87.4 cm³/mol. The smallest absolute Gasteiger partial charge is 0.255 e. The zero-order chi connectivity index (χ0) is 15.1. The molecule has 0 saturated heterocycles. The Morgan fingerprint density at radius 1 is 1.09 bits per heavy atom. The van der Waals surface area contributed by atoms with Crippen molar-refractivity contribution in [2.75, 3.05) is 12.3 Å². The summed E-state index contributed by atoms with van der Waals surface area (Å²) < 4.78 is 6.05. The summed E-state index contributed by atoms with van der Waals surface area (Å²) in [7, 11) is 0. The Morgan fingerprint density at radius 3 is 2.65 bits per heavy atom. The van der Waals surface area contributed by atoms with Crippen molar-refractivity contribution >= 4 is 27.6 Å². The Bertz CT molecular complexity index is 1040. The van der Waals surface area contributed by atoms with Crippen LogP contribution in [0.3, 0.4) is 0 Å². The molecule has 3 N–H and O–H groups in total. The lowest BCUT2D eigenvalue weighted by molar-refractivity contribution is -0.332. The molecule has 5 heteroatoms. The van der Waals surface area contributed by atoms with Crippen LogP contribution in [0.4, 0.5) is 5.69 Å². The fraction of sp³-hybridized carbons (Fsp3) is 0.111. The molecule has 0 bridgehead atoms. The third kappa shape index (κ3) is 2.51. The van der Waals surface area contributed by atoms with Gasteiger partial charge < -0.3 is 22.6 Å². The second-order valence-electron chi connectivity index (χ2n) is 5.27. The number of hydrogen-bond donors (Lipinski definition) is 1. The minimum atomic E-state index is 0. The third-order valence-electron chi connectivity index (χ3n) is 3.83. The number of nitrogen functional groups attached to an aromatic ring is 1. The number of nitrogens with zero attached hydrogens (tertiary/aromatic N) is 1. The second kappa shape index (κ2) is 5.89. The minimum Gasteiger partial charge on any atom is -1.00 e. The lowest BCUT2D eigenvalue weighted by Gasteiger charge is -2.05. The number of rotatable bonds is 1. The van der Waals surface area contributed by atoms with Crippen molar-refractivity contribution < 1.29 is 21.8 Å². The first kappa shape index (κ1) is 15.3. The van der Waals surface area contributed by atoms with Gasteiger partial charge in [0.2, 0.25) is 17.0 Å². The first-order valence-electron chi connectivity index (χ1n) is 7.34. The lowest BCUT2D eigenvalue weighted by Crippen LogP contribution is -3.00. The molecule has 4 rings (SSSR count). The molecule has 0 fully saturated rings. The molecule has 0 unspecified atom stereocenters. The normalized spacial score (nSPS) is 12.0. The van der Waals surface area contributed by atoms with E-state index >= 15 is 0 Å². The summed E-state index contributed by atoms with van der Waals surface area (Å²) in [4.78, 5) is 7.86. The number of nitrogens with one attached hydrogen (secondary N) is 1. The van der Waals surface area contributed by atoms with E-state index in [1.54, 1.807) is 0 Å². The Labute approximate surface area is 139 Å². The van der Waals surface area contributed by atoms with E-state index in [1.165, 1.54) is 0 Å². The molecule has 0 amide bonds. The average molecular weight is 326 g/mol. The second-order valence-corrected chi connectivity index (χ2v) is 5.27. The molecule has 2 aromatic rings. The molecule has 4 nitrogen and oxygen atoms in total. The number of halogens is 1. The topological polar surface area (TPSA) is 65.7 Å². The fourth-order valence-electron chi connectivity index (χ4n) is 2.82. The Morgan fingerprint density at radius 2 is 1.87 bits per heavy atom. The van der Waals surface area contributed by atoms with Crippen LogP contribution in [-0.2, 0) is 0 Å². The number of H-pyrrole nitrogens is 1. The highest BCUT2D eigenvalue weighted by Gasteiger charge is 2.18. The molecule has 1 heterocycles. The maximum Gasteiger partial charge on any atom is 0.255 e. The maximum absolute atomic E-state index is 6.15. The van der Waals surface area contributed by atoms with E-state index in [4.69, 9.17) is 10.2 Å². The predicted octanol–water partition coefficient (Wildman–Crippen LogP) is 0.0117. The monoisotopic (exact) mass is 325 g/mol. The van der Waals surface area contributed by atoms with E-state index < -0.39 is 0 Å². The van der Waals surface area contributed by atoms with Crippen molar-refractivity contribution in [3.05, 3.63) is 53.9 Å². The van der Waals surface area contributed by atoms with E-state index in [0.717, 1.165) is 45.2 Å². The zero-order valence-corrected chi connectivity index (χ0v) is 13.4. The summed E-state index contributed by atoms with van der Waals surface area (Å²) in [5.41, 5.74) is 9.51. The van der Waals surface area contributed by atoms with Crippen molar-refractivity contribution in [1.29, 1.82) is 0 Å². The summed E-state index contributed by atoms with van der Waals surface area (Å²) in [6, 6.07) is 15.9. The van der Waals surface area contributed by atoms with Gasteiger partial charge in [-0.2, -0.15) is 4.98 Å². The largest absolute Gasteiger partial charge is 1.00 e. The van der Waals surface area contributed by atoms with Gasteiger partial charge in [-0.3, -0.25) is 4.99 Å². The maximum atomic E-state index is 6.15. The van der Waals surface area contributed by atoms with Crippen LogP contribution in [0.5, 0.6) is 0 Å². The molecule has 2 aliphatic rings. The van der Waals surface area contributed by atoms with Crippen LogP contribution in [-0.4, -0.2) is 6.54 Å². The molecular weight excluding hydrogens is 310 g/mol. The number of hydrogen-bond acceptors (Lipinski definition) is 3. The Hall–Kier alpha value is -2.59. The van der Waals surface area contributed by atoms with Crippen molar-refractivity contribution in [3.63, 3.8) is 0 Å². The van der Waals surface area contributed by atoms with Gasteiger partial charge in [-0.15, -0.1) is 0 Å². The van der Waals surface area contributed by atoms with Gasteiger partial charge >= 0.3 is 0 Å². The quantitative estimate of drug-likeness (QED) is 0.304. The first-order valence-corrected chi connectivity index (χ1v) is 7.34. The summed E-state index contributed by atoms with van der Waals surface area (Å²) >= 11 is 0. The Balaban J connectivity index is 0.00000156. The number of fused-ring (bicyclic) bond motifs is 4. The molecule has 0 saturated carbocycles. The van der Waals surface area contributed by atoms with Crippen molar-refractivity contribution in [1.82, 2.24) is 0 Å². The van der Waals surface area contributed by atoms with Gasteiger partial charge in [0.15, 0.2) is 0 Å². The van der Waals surface area contributed by atoms with Gasteiger partial charge in [-0.05, 0) is 19.1 Å². The van der Waals surface area contributed by atoms with Crippen LogP contribution in [0.2, 0.25) is 0 Å². The third-order valence-corrected chi connectivity index (χ3v) is 3.83. The highest BCUT2D eigenvalue weighted by molar-refractivity contribution is 6.07. The molecule has 2 aromatic carbocycles. The average Bonchev–Trinajstić information content (AvgIpc) is 2.54. The van der Waals surface area contributed by atoms with Gasteiger partial charge in [-0.25, -0.2) is 0 Å². The number of aromatic nitrogens is 1. The number of benzene rings is 3. The fourth-order valence-corrected chi connectivity index (χ4v) is 2.82. The van der Waals surface area contributed by atoms with Crippen LogP contribution < -0.4 is 28.5 Å². The molecule has 0 atom stereocenters. The van der Waals surface area contributed by atoms with Gasteiger partial charge in [0, 0.05) is 35.8 Å². The van der Waals surface area contributed by atoms with Crippen molar-refractivity contribution in [2.24, 2.45) is 4.99 Å². The molecule has 116 valence electrons. The highest BCUT2D eigenvalue weighted by atomic mass is 35.5. The summed E-state index contributed by atoms with van der Waals surface area (Å²) in [5.74, 6) is 0.775. The van der Waals surface area contributed by atoms with Gasteiger partial charge in [0.05, 0.1) is 10.7 Å². The molecule has 0 radical (unpaired) electrons. The molecule has 23 heavy (non-hydrogen) atoms. The van der Waals surface area contributed by atoms with E-state index in [9.17, 15) is 0 Å². The van der Waals surface area contributed by atoms with Gasteiger partial charge in [0.1, 0.15) is 0 Å². The van der Waals surface area contributed by atoms with Crippen molar-refractivity contribution in [3.8, 4) is 11.5 Å². The van der Waals surface area contributed by atoms with Crippen LogP contribution in [0.15, 0.2) is 57.9 Å². The van der Waals surface area contributed by atoms with E-state index in [-0.39, 0.29) is 12.4 Å². The van der Waals surface area contributed by atoms with E-state index in [1.807, 2.05) is 55.5 Å².